The summed E-state index contributed by atoms with van der Waals surface area (Å²) in [5.41, 5.74) is 1.75. The summed E-state index contributed by atoms with van der Waals surface area (Å²) in [6.07, 6.45) is 5.75. The molecule has 124 valence electrons. The Hall–Kier alpha value is -2.69. The van der Waals surface area contributed by atoms with E-state index in [4.69, 9.17) is 4.74 Å². The molecule has 4 nitrogen and oxygen atoms in total. The molecule has 1 aromatic heterocycles. The van der Waals surface area contributed by atoms with Crippen LogP contribution in [0.25, 0.3) is 11.1 Å². The van der Waals surface area contributed by atoms with E-state index >= 15 is 0 Å². The second kappa shape index (κ2) is 7.25. The molecule has 2 heterocycles. The summed E-state index contributed by atoms with van der Waals surface area (Å²) >= 11 is 0. The summed E-state index contributed by atoms with van der Waals surface area (Å²) in [6.45, 7) is 1.92. The molecular weight excluding hydrogens is 307 g/mol. The molecule has 1 N–H and O–H groups in total. The Morgan fingerprint density at radius 3 is 2.62 bits per heavy atom. The molecule has 1 aromatic carbocycles. The van der Waals surface area contributed by atoms with E-state index in [9.17, 15) is 9.18 Å². The van der Waals surface area contributed by atoms with Gasteiger partial charge in [0, 0.05) is 24.6 Å². The molecule has 5 heteroatoms. The summed E-state index contributed by atoms with van der Waals surface area (Å²) in [7, 11) is 0. The maximum Gasteiger partial charge on any atom is 0.225 e. The summed E-state index contributed by atoms with van der Waals surface area (Å²) < 4.78 is 18.5. The predicted octanol–water partition coefficient (Wildman–Crippen LogP) is 4.30. The second-order valence-corrected chi connectivity index (χ2v) is 5.82. The number of halogens is 1. The molecule has 1 aliphatic rings. The zero-order valence-electron chi connectivity index (χ0n) is 13.5. The van der Waals surface area contributed by atoms with E-state index in [2.05, 4.69) is 10.3 Å². The third-order valence-electron chi connectivity index (χ3n) is 3.92. The lowest BCUT2D eigenvalue weighted by atomic mass is 10.1. The molecule has 1 amide bonds. The fourth-order valence-electron chi connectivity index (χ4n) is 2.61. The van der Waals surface area contributed by atoms with Crippen LogP contribution in [-0.4, -0.2) is 17.0 Å². The van der Waals surface area contributed by atoms with Crippen molar-refractivity contribution in [2.45, 2.75) is 32.3 Å². The lowest BCUT2D eigenvalue weighted by Gasteiger charge is -2.11. The average Bonchev–Trinajstić information content (AvgIpc) is 3.00. The number of aromatic nitrogens is 1. The van der Waals surface area contributed by atoms with Crippen LogP contribution in [0.4, 0.5) is 10.2 Å². The molecule has 2 aromatic rings. The number of rotatable bonds is 5. The molecular formula is C19H19FN2O2. The fourth-order valence-corrected chi connectivity index (χ4v) is 2.61. The van der Waals surface area contributed by atoms with Gasteiger partial charge < -0.3 is 10.1 Å². The Kier molecular flexibility index (Phi) is 4.89. The normalized spacial score (nSPS) is 16.4. The zero-order valence-corrected chi connectivity index (χ0v) is 13.5. The fraction of sp³-hybridized carbons (Fsp3) is 0.263. The number of ether oxygens (including phenoxy) is 1. The van der Waals surface area contributed by atoms with Gasteiger partial charge in [0.2, 0.25) is 5.91 Å². The van der Waals surface area contributed by atoms with Gasteiger partial charge in [-0.05, 0) is 49.2 Å². The maximum atomic E-state index is 12.9. The van der Waals surface area contributed by atoms with Crippen LogP contribution >= 0.6 is 0 Å². The van der Waals surface area contributed by atoms with Crippen LogP contribution in [0.3, 0.4) is 0 Å². The van der Waals surface area contributed by atoms with Crippen LogP contribution in [0.1, 0.15) is 26.2 Å². The molecule has 0 bridgehead atoms. The van der Waals surface area contributed by atoms with Crippen LogP contribution in [-0.2, 0) is 9.53 Å². The summed E-state index contributed by atoms with van der Waals surface area (Å²) in [5.74, 6) is 1.09. The molecule has 0 saturated carbocycles. The van der Waals surface area contributed by atoms with Gasteiger partial charge in [-0.3, -0.25) is 4.79 Å². The zero-order chi connectivity index (χ0) is 16.9. The van der Waals surface area contributed by atoms with Gasteiger partial charge in [0.25, 0.3) is 0 Å². The van der Waals surface area contributed by atoms with Gasteiger partial charge in [-0.15, -0.1) is 0 Å². The van der Waals surface area contributed by atoms with Gasteiger partial charge in [0.05, 0.1) is 5.76 Å². The number of carbonyl (C=O) groups is 1. The topological polar surface area (TPSA) is 51.2 Å². The Balaban J connectivity index is 1.52. The number of nitrogens with zero attached hydrogens (tertiary/aromatic N) is 1. The highest BCUT2D eigenvalue weighted by Gasteiger charge is 2.16. The number of hydrogen-bond acceptors (Lipinski definition) is 3. The highest BCUT2D eigenvalue weighted by Crippen LogP contribution is 2.21. The number of allylic oxidation sites excluding steroid dienone is 1. The van der Waals surface area contributed by atoms with E-state index < -0.39 is 0 Å². The van der Waals surface area contributed by atoms with Crippen molar-refractivity contribution in [3.8, 4) is 11.1 Å². The SMILES string of the molecule is CC1=CCC(CCC(=O)Nc2ccc(-c3ccc(F)cc3)cn2)O1. The average molecular weight is 326 g/mol. The van der Waals surface area contributed by atoms with E-state index in [0.29, 0.717) is 18.7 Å². The molecule has 0 saturated heterocycles. The van der Waals surface area contributed by atoms with E-state index in [-0.39, 0.29) is 17.8 Å². The van der Waals surface area contributed by atoms with Gasteiger partial charge in [-0.25, -0.2) is 9.37 Å². The van der Waals surface area contributed by atoms with Crippen molar-refractivity contribution < 1.29 is 13.9 Å². The van der Waals surface area contributed by atoms with Crippen molar-refractivity contribution >= 4 is 11.7 Å². The predicted molar refractivity (Wildman–Crippen MR) is 90.7 cm³/mol. The number of anilines is 1. The van der Waals surface area contributed by atoms with Crippen LogP contribution in [0.5, 0.6) is 0 Å². The Morgan fingerprint density at radius 1 is 1.25 bits per heavy atom. The number of pyridine rings is 1. The minimum atomic E-state index is -0.271. The summed E-state index contributed by atoms with van der Waals surface area (Å²) in [4.78, 5) is 16.2. The van der Waals surface area contributed by atoms with Crippen LogP contribution in [0.2, 0.25) is 0 Å². The van der Waals surface area contributed by atoms with Crippen molar-refractivity contribution in [1.82, 2.24) is 4.98 Å². The Labute approximate surface area is 140 Å². The van der Waals surface area contributed by atoms with Crippen LogP contribution < -0.4 is 5.32 Å². The lowest BCUT2D eigenvalue weighted by Crippen LogP contribution is -2.16. The first kappa shape index (κ1) is 16.2. The lowest BCUT2D eigenvalue weighted by molar-refractivity contribution is -0.116. The Morgan fingerprint density at radius 2 is 2.00 bits per heavy atom. The minimum absolute atomic E-state index is 0.0785. The van der Waals surface area contributed by atoms with Gasteiger partial charge in [0.1, 0.15) is 17.7 Å². The quantitative estimate of drug-likeness (QED) is 0.891. The van der Waals surface area contributed by atoms with Crippen LogP contribution in [0, 0.1) is 5.82 Å². The molecule has 24 heavy (non-hydrogen) atoms. The Bertz CT molecular complexity index is 739. The van der Waals surface area contributed by atoms with Gasteiger partial charge in [0.15, 0.2) is 0 Å². The van der Waals surface area contributed by atoms with Crippen molar-refractivity contribution in [3.63, 3.8) is 0 Å². The van der Waals surface area contributed by atoms with Crippen molar-refractivity contribution in [2.24, 2.45) is 0 Å². The number of carbonyl (C=O) groups excluding carboxylic acids is 1. The van der Waals surface area contributed by atoms with E-state index in [1.165, 1.54) is 12.1 Å². The van der Waals surface area contributed by atoms with Gasteiger partial charge >= 0.3 is 0 Å². The summed E-state index contributed by atoms with van der Waals surface area (Å²) in [6, 6.07) is 9.81. The number of nitrogens with one attached hydrogen (secondary N) is 1. The summed E-state index contributed by atoms with van der Waals surface area (Å²) in [5, 5.41) is 2.78. The monoisotopic (exact) mass is 326 g/mol. The number of amides is 1. The molecule has 0 radical (unpaired) electrons. The highest BCUT2D eigenvalue weighted by atomic mass is 19.1. The molecule has 0 aliphatic carbocycles. The molecule has 1 unspecified atom stereocenters. The van der Waals surface area contributed by atoms with Crippen molar-refractivity contribution in [3.05, 3.63) is 60.2 Å². The highest BCUT2D eigenvalue weighted by molar-refractivity contribution is 5.89. The first-order chi connectivity index (χ1) is 11.6. The van der Waals surface area contributed by atoms with Crippen molar-refractivity contribution in [2.75, 3.05) is 5.32 Å². The van der Waals surface area contributed by atoms with E-state index in [1.807, 2.05) is 19.1 Å². The molecule has 1 aliphatic heterocycles. The van der Waals surface area contributed by atoms with Crippen molar-refractivity contribution in [1.29, 1.82) is 0 Å². The molecule has 0 fully saturated rings. The third-order valence-corrected chi connectivity index (χ3v) is 3.92. The van der Waals surface area contributed by atoms with Gasteiger partial charge in [-0.1, -0.05) is 12.1 Å². The van der Waals surface area contributed by atoms with Gasteiger partial charge in [-0.2, -0.15) is 0 Å². The number of hydrogen-bond donors (Lipinski definition) is 1. The third kappa shape index (κ3) is 4.19. The molecule has 1 atom stereocenters. The number of benzene rings is 1. The first-order valence-corrected chi connectivity index (χ1v) is 7.95. The first-order valence-electron chi connectivity index (χ1n) is 7.95. The van der Waals surface area contributed by atoms with Crippen LogP contribution in [0.15, 0.2) is 54.4 Å². The standard InChI is InChI=1S/C19H19FN2O2/c1-13-2-8-17(24-13)9-11-19(23)22-18-10-5-15(12-21-18)14-3-6-16(20)7-4-14/h2-7,10,12,17H,8-9,11H2,1H3,(H,21,22,23). The smallest absolute Gasteiger partial charge is 0.225 e. The minimum Gasteiger partial charge on any atom is -0.495 e. The second-order valence-electron chi connectivity index (χ2n) is 5.82. The van der Waals surface area contributed by atoms with E-state index in [1.54, 1.807) is 24.4 Å². The molecule has 3 rings (SSSR count). The maximum absolute atomic E-state index is 12.9. The largest absolute Gasteiger partial charge is 0.495 e. The van der Waals surface area contributed by atoms with E-state index in [0.717, 1.165) is 23.3 Å². The molecule has 0 spiro atoms.